The van der Waals surface area contributed by atoms with E-state index in [4.69, 9.17) is 4.74 Å². The van der Waals surface area contributed by atoms with Crippen molar-refractivity contribution in [2.45, 2.75) is 78.5 Å². The predicted molar refractivity (Wildman–Crippen MR) is 93.3 cm³/mol. The van der Waals surface area contributed by atoms with E-state index in [1.807, 2.05) is 25.7 Å². The van der Waals surface area contributed by atoms with Gasteiger partial charge in [-0.1, -0.05) is 0 Å². The van der Waals surface area contributed by atoms with Gasteiger partial charge in [-0.25, -0.2) is 4.79 Å². The largest absolute Gasteiger partial charge is 0.444 e. The monoisotopic (exact) mass is 321 g/mol. The normalized spacial score (nSPS) is 19.7. The molecule has 2 atom stereocenters. The van der Waals surface area contributed by atoms with E-state index in [1.54, 1.807) is 0 Å². The smallest absolute Gasteiger partial charge is 0.410 e. The molecule has 2 heterocycles. The van der Waals surface area contributed by atoms with E-state index in [1.165, 1.54) is 11.4 Å². The Labute approximate surface area is 140 Å². The first kappa shape index (κ1) is 17.7. The molecule has 0 saturated carbocycles. The van der Waals surface area contributed by atoms with Crippen LogP contribution in [0.5, 0.6) is 0 Å². The standard InChI is InChI=1S/C18H31N3O2/c1-13(19-21-14(2)9-10-15(21)3)12-16-8-7-11-20(16)17(22)23-18(4,5)6/h9-10,13,16,19H,7-8,11-12H2,1-6H3. The molecule has 1 fully saturated rings. The number of rotatable bonds is 4. The van der Waals surface area contributed by atoms with Gasteiger partial charge in [0.15, 0.2) is 0 Å². The summed E-state index contributed by atoms with van der Waals surface area (Å²) in [6.45, 7) is 12.9. The molecule has 1 saturated heterocycles. The minimum absolute atomic E-state index is 0.180. The van der Waals surface area contributed by atoms with E-state index < -0.39 is 5.60 Å². The van der Waals surface area contributed by atoms with Crippen molar-refractivity contribution in [3.63, 3.8) is 0 Å². The average Bonchev–Trinajstić information content (AvgIpc) is 2.98. The molecular formula is C18H31N3O2. The van der Waals surface area contributed by atoms with Crippen molar-refractivity contribution in [1.29, 1.82) is 0 Å². The van der Waals surface area contributed by atoms with E-state index in [-0.39, 0.29) is 18.2 Å². The Morgan fingerprint density at radius 3 is 2.52 bits per heavy atom. The number of nitrogens with one attached hydrogen (secondary N) is 1. The molecule has 1 amide bonds. The van der Waals surface area contributed by atoms with Crippen molar-refractivity contribution in [3.05, 3.63) is 23.5 Å². The van der Waals surface area contributed by atoms with Gasteiger partial charge in [0.1, 0.15) is 5.60 Å². The highest BCUT2D eigenvalue weighted by atomic mass is 16.6. The zero-order valence-corrected chi connectivity index (χ0v) is 15.3. The summed E-state index contributed by atoms with van der Waals surface area (Å²) in [5.41, 5.74) is 5.49. The summed E-state index contributed by atoms with van der Waals surface area (Å²) in [6, 6.07) is 4.76. The first-order valence-electron chi connectivity index (χ1n) is 8.58. The molecule has 1 N–H and O–H groups in total. The van der Waals surface area contributed by atoms with Gasteiger partial charge in [0.2, 0.25) is 0 Å². The Morgan fingerprint density at radius 1 is 1.35 bits per heavy atom. The van der Waals surface area contributed by atoms with Crippen LogP contribution in [-0.4, -0.2) is 39.9 Å². The SMILES string of the molecule is Cc1ccc(C)n1NC(C)CC1CCCN1C(=O)OC(C)(C)C. The van der Waals surface area contributed by atoms with E-state index in [0.29, 0.717) is 0 Å². The van der Waals surface area contributed by atoms with Crippen molar-refractivity contribution in [2.24, 2.45) is 0 Å². The van der Waals surface area contributed by atoms with E-state index in [0.717, 1.165) is 25.8 Å². The minimum Gasteiger partial charge on any atom is -0.444 e. The number of carbonyl (C=O) groups excluding carboxylic acids is 1. The summed E-state index contributed by atoms with van der Waals surface area (Å²) in [7, 11) is 0. The number of hydrogen-bond acceptors (Lipinski definition) is 3. The Hall–Kier alpha value is -1.65. The number of hydrogen-bond donors (Lipinski definition) is 1. The molecule has 5 heteroatoms. The number of likely N-dealkylation sites (tertiary alicyclic amines) is 1. The Kier molecular flexibility index (Phi) is 5.27. The molecule has 0 radical (unpaired) electrons. The van der Waals surface area contributed by atoms with Crippen molar-refractivity contribution in [3.8, 4) is 0 Å². The van der Waals surface area contributed by atoms with Gasteiger partial charge < -0.3 is 15.1 Å². The highest BCUT2D eigenvalue weighted by molar-refractivity contribution is 5.68. The molecule has 23 heavy (non-hydrogen) atoms. The van der Waals surface area contributed by atoms with Crippen LogP contribution in [0.4, 0.5) is 4.79 Å². The molecule has 130 valence electrons. The number of aromatic nitrogens is 1. The maximum atomic E-state index is 12.4. The summed E-state index contributed by atoms with van der Waals surface area (Å²) in [4.78, 5) is 14.3. The topological polar surface area (TPSA) is 46.5 Å². The zero-order valence-electron chi connectivity index (χ0n) is 15.3. The molecule has 0 spiro atoms. The first-order valence-corrected chi connectivity index (χ1v) is 8.58. The highest BCUT2D eigenvalue weighted by Gasteiger charge is 2.33. The molecule has 1 aromatic rings. The summed E-state index contributed by atoms with van der Waals surface area (Å²) in [5.74, 6) is 0. The second kappa shape index (κ2) is 6.85. The van der Waals surface area contributed by atoms with E-state index in [9.17, 15) is 4.79 Å². The second-order valence-electron chi connectivity index (χ2n) is 7.69. The third-order valence-corrected chi connectivity index (χ3v) is 4.25. The lowest BCUT2D eigenvalue weighted by Crippen LogP contribution is -2.42. The summed E-state index contributed by atoms with van der Waals surface area (Å²) < 4.78 is 7.66. The van der Waals surface area contributed by atoms with Crippen LogP contribution in [0.3, 0.4) is 0 Å². The number of ether oxygens (including phenoxy) is 1. The van der Waals surface area contributed by atoms with Crippen LogP contribution < -0.4 is 5.43 Å². The van der Waals surface area contributed by atoms with Gasteiger partial charge in [0.25, 0.3) is 0 Å². The summed E-state index contributed by atoms with van der Waals surface area (Å²) in [5, 5.41) is 0. The van der Waals surface area contributed by atoms with E-state index in [2.05, 4.69) is 43.0 Å². The van der Waals surface area contributed by atoms with Crippen LogP contribution in [0.15, 0.2) is 12.1 Å². The van der Waals surface area contributed by atoms with Crippen molar-refractivity contribution >= 4 is 6.09 Å². The number of aryl methyl sites for hydroxylation is 2. The number of carbonyl (C=O) groups is 1. The third-order valence-electron chi connectivity index (χ3n) is 4.25. The van der Waals surface area contributed by atoms with Crippen molar-refractivity contribution in [1.82, 2.24) is 9.58 Å². The van der Waals surface area contributed by atoms with Crippen molar-refractivity contribution < 1.29 is 9.53 Å². The lowest BCUT2D eigenvalue weighted by Gasteiger charge is -2.30. The molecule has 1 aliphatic rings. The fourth-order valence-corrected chi connectivity index (χ4v) is 3.19. The van der Waals surface area contributed by atoms with Gasteiger partial charge in [-0.3, -0.25) is 4.68 Å². The quantitative estimate of drug-likeness (QED) is 0.917. The third kappa shape index (κ3) is 4.66. The Morgan fingerprint density at radius 2 is 1.96 bits per heavy atom. The van der Waals surface area contributed by atoms with Crippen LogP contribution in [0.2, 0.25) is 0 Å². The molecular weight excluding hydrogens is 290 g/mol. The maximum Gasteiger partial charge on any atom is 0.410 e. The number of amides is 1. The molecule has 1 aliphatic heterocycles. The van der Waals surface area contributed by atoms with Gasteiger partial charge in [-0.2, -0.15) is 0 Å². The van der Waals surface area contributed by atoms with Crippen LogP contribution in [0.25, 0.3) is 0 Å². The summed E-state index contributed by atoms with van der Waals surface area (Å²) >= 11 is 0. The van der Waals surface area contributed by atoms with Crippen LogP contribution in [-0.2, 0) is 4.74 Å². The van der Waals surface area contributed by atoms with Gasteiger partial charge in [0.05, 0.1) is 0 Å². The van der Waals surface area contributed by atoms with Gasteiger partial charge in [-0.05, 0) is 72.9 Å². The predicted octanol–water partition coefficient (Wildman–Crippen LogP) is 3.83. The fourth-order valence-electron chi connectivity index (χ4n) is 3.19. The lowest BCUT2D eigenvalue weighted by molar-refractivity contribution is 0.0217. The van der Waals surface area contributed by atoms with Crippen LogP contribution in [0.1, 0.15) is 58.3 Å². The van der Waals surface area contributed by atoms with Crippen LogP contribution >= 0.6 is 0 Å². The second-order valence-corrected chi connectivity index (χ2v) is 7.69. The molecule has 2 rings (SSSR count). The zero-order chi connectivity index (χ0) is 17.2. The molecule has 2 unspecified atom stereocenters. The molecule has 5 nitrogen and oxygen atoms in total. The van der Waals surface area contributed by atoms with Gasteiger partial charge in [-0.15, -0.1) is 0 Å². The Bertz CT molecular complexity index is 525. The van der Waals surface area contributed by atoms with Gasteiger partial charge >= 0.3 is 6.09 Å². The molecule has 0 aliphatic carbocycles. The fraction of sp³-hybridized carbons (Fsp3) is 0.722. The van der Waals surface area contributed by atoms with Crippen LogP contribution in [0, 0.1) is 13.8 Å². The molecule has 1 aromatic heterocycles. The summed E-state index contributed by atoms with van der Waals surface area (Å²) in [6.07, 6.45) is 2.85. The Balaban J connectivity index is 1.94. The van der Waals surface area contributed by atoms with E-state index >= 15 is 0 Å². The molecule has 0 bridgehead atoms. The molecule has 0 aromatic carbocycles. The minimum atomic E-state index is -0.437. The van der Waals surface area contributed by atoms with Crippen molar-refractivity contribution in [2.75, 3.05) is 12.0 Å². The van der Waals surface area contributed by atoms with Gasteiger partial charge in [0, 0.05) is 30.0 Å². The highest BCUT2D eigenvalue weighted by Crippen LogP contribution is 2.24. The first-order chi connectivity index (χ1) is 10.7. The number of nitrogens with zero attached hydrogens (tertiary/aromatic N) is 2. The maximum absolute atomic E-state index is 12.4. The average molecular weight is 321 g/mol. The lowest BCUT2D eigenvalue weighted by atomic mass is 10.1.